The van der Waals surface area contributed by atoms with Crippen LogP contribution >= 0.6 is 11.6 Å². The molecule has 3 aromatic rings. The predicted octanol–water partition coefficient (Wildman–Crippen LogP) is 6.91. The molecule has 0 radical (unpaired) electrons. The third kappa shape index (κ3) is 5.82. The zero-order chi connectivity index (χ0) is 32.2. The average Bonchev–Trinajstić information content (AvgIpc) is 3.53. The third-order valence-corrected chi connectivity index (χ3v) is 10.7. The molecule has 0 aliphatic carbocycles. The van der Waals surface area contributed by atoms with Crippen molar-refractivity contribution in [3.63, 3.8) is 0 Å². The fourth-order valence-corrected chi connectivity index (χ4v) is 8.66. The first kappa shape index (κ1) is 31.5. The molecule has 3 unspecified atom stereocenters. The molecule has 8 rings (SSSR count). The van der Waals surface area contributed by atoms with Crippen LogP contribution in [0, 0.1) is 18.7 Å². The van der Waals surface area contributed by atoms with Crippen molar-refractivity contribution in [1.82, 2.24) is 25.2 Å². The van der Waals surface area contributed by atoms with E-state index < -0.39 is 29.9 Å². The molecule has 0 spiro atoms. The number of hydrogen-bond acceptors (Lipinski definition) is 6. The second-order valence-corrected chi connectivity index (χ2v) is 14.1. The number of anilines is 1. The molecule has 3 atom stereocenters. The van der Waals surface area contributed by atoms with Crippen LogP contribution in [0.5, 0.6) is 0 Å². The second kappa shape index (κ2) is 12.2. The first-order valence-corrected chi connectivity index (χ1v) is 16.9. The summed E-state index contributed by atoms with van der Waals surface area (Å²) in [7, 11) is 0. The summed E-state index contributed by atoms with van der Waals surface area (Å²) >= 11 is 6.46. The van der Waals surface area contributed by atoms with Crippen molar-refractivity contribution in [2.45, 2.75) is 88.8 Å². The summed E-state index contributed by atoms with van der Waals surface area (Å²) in [5.41, 5.74) is -0.502. The van der Waals surface area contributed by atoms with Gasteiger partial charge in [0, 0.05) is 68.3 Å². The van der Waals surface area contributed by atoms with E-state index in [4.69, 9.17) is 21.6 Å². The lowest BCUT2D eigenvalue weighted by atomic mass is 9.88. The highest BCUT2D eigenvalue weighted by Crippen LogP contribution is 2.46. The lowest BCUT2D eigenvalue weighted by Gasteiger charge is -2.34. The van der Waals surface area contributed by atoms with Crippen LogP contribution in [0.2, 0.25) is 5.02 Å². The van der Waals surface area contributed by atoms with Crippen molar-refractivity contribution < 1.29 is 22.4 Å². The number of carbonyl (C=O) groups excluding carboxylic acids is 1. The van der Waals surface area contributed by atoms with E-state index >= 15 is 13.2 Å². The number of piperidine rings is 1. The summed E-state index contributed by atoms with van der Waals surface area (Å²) in [5, 5.41) is 3.15. The van der Waals surface area contributed by atoms with Crippen LogP contribution in [0.25, 0.3) is 22.2 Å². The molecule has 0 saturated carbocycles. The maximum Gasteiger partial charge on any atom is 0.275 e. The fourth-order valence-electron chi connectivity index (χ4n) is 8.25. The van der Waals surface area contributed by atoms with Gasteiger partial charge in [-0.15, -0.1) is 0 Å². The van der Waals surface area contributed by atoms with Crippen molar-refractivity contribution in [2.75, 3.05) is 37.6 Å². The Hall–Kier alpha value is -3.05. The molecular formula is C34H39ClF4N6O. The van der Waals surface area contributed by atoms with Gasteiger partial charge in [0.15, 0.2) is 5.82 Å². The first-order chi connectivity index (χ1) is 22.0. The Morgan fingerprint density at radius 2 is 1.96 bits per heavy atom. The number of benzene rings is 1. The van der Waals surface area contributed by atoms with Gasteiger partial charge in [0.1, 0.15) is 29.0 Å². The Morgan fingerprint density at radius 3 is 2.80 bits per heavy atom. The molecule has 7 heterocycles. The molecular weight excluding hydrogens is 620 g/mol. The van der Waals surface area contributed by atoms with Crippen molar-refractivity contribution in [3.8, 4) is 11.3 Å². The highest BCUT2D eigenvalue weighted by atomic mass is 35.5. The average molecular weight is 659 g/mol. The summed E-state index contributed by atoms with van der Waals surface area (Å²) in [6.45, 7) is 4.69. The molecule has 246 valence electrons. The van der Waals surface area contributed by atoms with Gasteiger partial charge in [0.2, 0.25) is 5.91 Å². The minimum atomic E-state index is -3.44. The van der Waals surface area contributed by atoms with E-state index in [1.54, 1.807) is 6.92 Å². The maximum atomic E-state index is 16.8. The minimum Gasteiger partial charge on any atom is -0.356 e. The number of amides is 1. The monoisotopic (exact) mass is 658 g/mol. The van der Waals surface area contributed by atoms with E-state index in [0.717, 1.165) is 32.2 Å². The van der Waals surface area contributed by atoms with Crippen LogP contribution in [0.15, 0.2) is 18.3 Å². The molecule has 46 heavy (non-hydrogen) atoms. The van der Waals surface area contributed by atoms with Crippen molar-refractivity contribution in [3.05, 3.63) is 46.1 Å². The Balaban J connectivity index is 1.38. The zero-order valence-corrected chi connectivity index (χ0v) is 26.8. The first-order valence-electron chi connectivity index (χ1n) is 16.5. The molecule has 1 amide bonds. The van der Waals surface area contributed by atoms with Gasteiger partial charge in [-0.1, -0.05) is 11.6 Å². The van der Waals surface area contributed by atoms with Gasteiger partial charge in [0.05, 0.1) is 10.4 Å². The number of fused-ring (bicyclic) bond motifs is 8. The third-order valence-electron chi connectivity index (χ3n) is 10.4. The number of alkyl halides is 3. The minimum absolute atomic E-state index is 0.0206. The Kier molecular flexibility index (Phi) is 8.36. The lowest BCUT2D eigenvalue weighted by molar-refractivity contribution is -0.121. The van der Waals surface area contributed by atoms with Crippen LogP contribution < -0.4 is 10.2 Å². The van der Waals surface area contributed by atoms with Crippen LogP contribution in [-0.2, 0) is 17.1 Å². The van der Waals surface area contributed by atoms with E-state index in [0.29, 0.717) is 68.0 Å². The molecule has 3 saturated heterocycles. The summed E-state index contributed by atoms with van der Waals surface area (Å²) in [6, 6.07) is 2.91. The molecule has 5 aliphatic rings. The van der Waals surface area contributed by atoms with Crippen LogP contribution in [-0.4, -0.2) is 70.2 Å². The smallest absolute Gasteiger partial charge is 0.275 e. The van der Waals surface area contributed by atoms with Gasteiger partial charge in [-0.25, -0.2) is 27.5 Å². The molecule has 6 bridgehead atoms. The number of aryl methyl sites for hydroxylation is 2. The van der Waals surface area contributed by atoms with Crippen molar-refractivity contribution in [1.29, 1.82) is 0 Å². The maximum absolute atomic E-state index is 16.8. The number of pyridine rings is 1. The number of rotatable bonds is 3. The normalized spacial score (nSPS) is 26.7. The fraction of sp³-hybridized carbons (Fsp3) is 0.588. The molecule has 5 aliphatic heterocycles. The van der Waals surface area contributed by atoms with Crippen LogP contribution in [0.1, 0.15) is 74.7 Å². The highest BCUT2D eigenvalue weighted by Gasteiger charge is 2.48. The van der Waals surface area contributed by atoms with E-state index in [-0.39, 0.29) is 52.0 Å². The number of carbonyl (C=O) groups is 1. The summed E-state index contributed by atoms with van der Waals surface area (Å²) in [4.78, 5) is 31.1. The number of nitrogens with zero attached hydrogens (tertiary/aromatic N) is 5. The Morgan fingerprint density at radius 1 is 1.11 bits per heavy atom. The van der Waals surface area contributed by atoms with E-state index in [1.165, 1.54) is 18.3 Å². The standard InChI is InChI=1S/C34H39ClF4N6O/c1-20-13-23-28(25(35)14-20)34(38,39)9-2-6-27(46)40-16-21-5-3-11-44(18-21)32-24-17-41-30(23)29(37)31(24)42-26(43-32)7-10-33-8-4-12-45(33)19-22(36)15-33/h13-14,17,21-22H,2-12,15-16,18-19H2,1H3,(H,40,46). The molecule has 2 aromatic heterocycles. The predicted molar refractivity (Wildman–Crippen MR) is 170 cm³/mol. The highest BCUT2D eigenvalue weighted by molar-refractivity contribution is 6.32. The van der Waals surface area contributed by atoms with Gasteiger partial charge in [-0.3, -0.25) is 14.7 Å². The van der Waals surface area contributed by atoms with E-state index in [1.807, 2.05) is 0 Å². The SMILES string of the molecule is Cc1cc(Cl)c2c(c1)-c1ncc3c(nc(CCC45CCCN4CC(F)C5)nc3c1F)N1CCCC(CNC(=O)CCCC2(F)F)C1. The molecule has 7 nitrogen and oxygen atoms in total. The van der Waals surface area contributed by atoms with Gasteiger partial charge < -0.3 is 10.2 Å². The number of aromatic nitrogens is 3. The van der Waals surface area contributed by atoms with Gasteiger partial charge >= 0.3 is 0 Å². The van der Waals surface area contributed by atoms with Crippen LogP contribution in [0.3, 0.4) is 0 Å². The Bertz CT molecular complexity index is 1670. The largest absolute Gasteiger partial charge is 0.356 e. The molecule has 3 fully saturated rings. The number of halogens is 5. The molecule has 1 N–H and O–H groups in total. The van der Waals surface area contributed by atoms with Gasteiger partial charge in [-0.05, 0) is 82.0 Å². The molecule has 12 heteroatoms. The van der Waals surface area contributed by atoms with Gasteiger partial charge in [-0.2, -0.15) is 0 Å². The van der Waals surface area contributed by atoms with Gasteiger partial charge in [0.25, 0.3) is 5.92 Å². The summed E-state index contributed by atoms with van der Waals surface area (Å²) in [6.07, 6.45) is 5.07. The quantitative estimate of drug-likeness (QED) is 0.309. The Labute approximate surface area is 271 Å². The topological polar surface area (TPSA) is 74.2 Å². The number of nitrogens with one attached hydrogen (secondary N) is 1. The number of hydrogen-bond donors (Lipinski definition) is 1. The lowest BCUT2D eigenvalue weighted by Crippen LogP contribution is -2.41. The van der Waals surface area contributed by atoms with Crippen LogP contribution in [0.4, 0.5) is 23.4 Å². The molecule has 1 aromatic carbocycles. The van der Waals surface area contributed by atoms with Crippen molar-refractivity contribution in [2.24, 2.45) is 5.92 Å². The van der Waals surface area contributed by atoms with E-state index in [2.05, 4.69) is 20.1 Å². The summed E-state index contributed by atoms with van der Waals surface area (Å²) < 4.78 is 63.1. The van der Waals surface area contributed by atoms with E-state index in [9.17, 15) is 9.18 Å². The van der Waals surface area contributed by atoms with Crippen molar-refractivity contribution >= 4 is 34.2 Å². The summed E-state index contributed by atoms with van der Waals surface area (Å²) in [5.74, 6) is -3.44. The zero-order valence-electron chi connectivity index (χ0n) is 26.0. The second-order valence-electron chi connectivity index (χ2n) is 13.7.